The first-order valence-corrected chi connectivity index (χ1v) is 8.96. The lowest BCUT2D eigenvalue weighted by Gasteiger charge is -2.28. The normalized spacial score (nSPS) is 22.7. The summed E-state index contributed by atoms with van der Waals surface area (Å²) in [6, 6.07) is 6.28. The number of rotatable bonds is 6. The molecule has 8 nitrogen and oxygen atoms in total. The molecular formula is C19H24N2O6. The van der Waals surface area contributed by atoms with Crippen LogP contribution in [0.25, 0.3) is 0 Å². The summed E-state index contributed by atoms with van der Waals surface area (Å²) in [7, 11) is 0. The van der Waals surface area contributed by atoms with Gasteiger partial charge >= 0.3 is 12.0 Å². The zero-order valence-electron chi connectivity index (χ0n) is 15.4. The van der Waals surface area contributed by atoms with Crippen molar-refractivity contribution in [3.8, 4) is 5.75 Å². The third-order valence-corrected chi connectivity index (χ3v) is 4.30. The summed E-state index contributed by atoms with van der Waals surface area (Å²) >= 11 is 0. The van der Waals surface area contributed by atoms with Crippen molar-refractivity contribution in [2.45, 2.75) is 26.0 Å². The molecule has 1 fully saturated rings. The molecule has 0 saturated carbocycles. The van der Waals surface area contributed by atoms with Gasteiger partial charge < -0.3 is 29.6 Å². The molecule has 146 valence electrons. The summed E-state index contributed by atoms with van der Waals surface area (Å²) in [4.78, 5) is 24.2. The highest BCUT2D eigenvalue weighted by Gasteiger charge is 2.32. The van der Waals surface area contributed by atoms with Crippen LogP contribution in [0.4, 0.5) is 4.79 Å². The van der Waals surface area contributed by atoms with Crippen LogP contribution in [0, 0.1) is 0 Å². The van der Waals surface area contributed by atoms with Gasteiger partial charge in [0, 0.05) is 5.70 Å². The maximum absolute atomic E-state index is 12.3. The predicted molar refractivity (Wildman–Crippen MR) is 96.2 cm³/mol. The molecule has 1 aromatic rings. The second-order valence-corrected chi connectivity index (χ2v) is 6.24. The van der Waals surface area contributed by atoms with Crippen LogP contribution in [-0.4, -0.2) is 51.1 Å². The van der Waals surface area contributed by atoms with Crippen LogP contribution in [-0.2, 0) is 19.0 Å². The minimum atomic E-state index is -0.582. The monoisotopic (exact) mass is 376 g/mol. The molecule has 0 spiro atoms. The third-order valence-electron chi connectivity index (χ3n) is 4.30. The van der Waals surface area contributed by atoms with E-state index in [0.717, 1.165) is 5.56 Å². The van der Waals surface area contributed by atoms with Gasteiger partial charge in [0.15, 0.2) is 0 Å². The molecule has 0 aliphatic carbocycles. The molecule has 0 bridgehead atoms. The maximum Gasteiger partial charge on any atom is 0.338 e. The SMILES string of the molecule is CCOC(=O)C1=C(C)NC(=O)N[C@H]1c1ccc(OC[C@H]2COCCO2)cc1. The molecule has 2 atom stereocenters. The van der Waals surface area contributed by atoms with Crippen LogP contribution in [0.1, 0.15) is 25.5 Å². The highest BCUT2D eigenvalue weighted by Crippen LogP contribution is 2.28. The van der Waals surface area contributed by atoms with E-state index in [1.165, 1.54) is 0 Å². The molecule has 1 aromatic carbocycles. The van der Waals surface area contributed by atoms with E-state index in [0.29, 0.717) is 43.4 Å². The van der Waals surface area contributed by atoms with Gasteiger partial charge in [-0.1, -0.05) is 12.1 Å². The number of hydrogen-bond donors (Lipinski definition) is 2. The Hall–Kier alpha value is -2.58. The van der Waals surface area contributed by atoms with Crippen LogP contribution in [0.3, 0.4) is 0 Å². The first kappa shape index (κ1) is 19.2. The van der Waals surface area contributed by atoms with Crippen LogP contribution >= 0.6 is 0 Å². The Morgan fingerprint density at radius 1 is 1.26 bits per heavy atom. The average Bonchev–Trinajstić information content (AvgIpc) is 2.67. The zero-order chi connectivity index (χ0) is 19.2. The van der Waals surface area contributed by atoms with E-state index >= 15 is 0 Å². The molecule has 0 radical (unpaired) electrons. The predicted octanol–water partition coefficient (Wildman–Crippen LogP) is 1.67. The van der Waals surface area contributed by atoms with Gasteiger partial charge in [-0.15, -0.1) is 0 Å². The lowest BCUT2D eigenvalue weighted by molar-refractivity contribution is -0.139. The number of nitrogens with one attached hydrogen (secondary N) is 2. The van der Waals surface area contributed by atoms with Crippen molar-refractivity contribution in [3.05, 3.63) is 41.1 Å². The number of urea groups is 1. The fraction of sp³-hybridized carbons (Fsp3) is 0.474. The highest BCUT2D eigenvalue weighted by atomic mass is 16.6. The Morgan fingerprint density at radius 3 is 2.70 bits per heavy atom. The quantitative estimate of drug-likeness (QED) is 0.734. The molecule has 3 rings (SSSR count). The van der Waals surface area contributed by atoms with Crippen LogP contribution in [0.5, 0.6) is 5.75 Å². The summed E-state index contributed by atoms with van der Waals surface area (Å²) in [5.74, 6) is 0.217. The van der Waals surface area contributed by atoms with Gasteiger partial charge in [-0.2, -0.15) is 0 Å². The van der Waals surface area contributed by atoms with E-state index < -0.39 is 12.0 Å². The number of allylic oxidation sites excluding steroid dienone is 1. The molecule has 2 amide bonds. The van der Waals surface area contributed by atoms with Crippen molar-refractivity contribution in [1.29, 1.82) is 0 Å². The number of amides is 2. The fourth-order valence-corrected chi connectivity index (χ4v) is 3.00. The Morgan fingerprint density at radius 2 is 2.04 bits per heavy atom. The van der Waals surface area contributed by atoms with Crippen LogP contribution in [0.2, 0.25) is 0 Å². The lowest BCUT2D eigenvalue weighted by Crippen LogP contribution is -2.45. The van der Waals surface area contributed by atoms with Gasteiger partial charge in [-0.3, -0.25) is 0 Å². The molecule has 27 heavy (non-hydrogen) atoms. The smallest absolute Gasteiger partial charge is 0.338 e. The third kappa shape index (κ3) is 4.78. The second kappa shape index (κ2) is 8.88. The molecule has 2 heterocycles. The molecule has 2 N–H and O–H groups in total. The number of esters is 1. The van der Waals surface area contributed by atoms with E-state index in [2.05, 4.69) is 10.6 Å². The topological polar surface area (TPSA) is 95.1 Å². The Labute approximate surface area is 157 Å². The minimum Gasteiger partial charge on any atom is -0.491 e. The maximum atomic E-state index is 12.3. The summed E-state index contributed by atoms with van der Waals surface area (Å²) in [6.07, 6.45) is -0.0804. The summed E-state index contributed by atoms with van der Waals surface area (Å²) in [5.41, 5.74) is 1.63. The van der Waals surface area contributed by atoms with Gasteiger partial charge in [-0.25, -0.2) is 9.59 Å². The number of ether oxygens (including phenoxy) is 4. The average molecular weight is 376 g/mol. The van der Waals surface area contributed by atoms with E-state index in [-0.39, 0.29) is 18.7 Å². The van der Waals surface area contributed by atoms with E-state index in [4.69, 9.17) is 18.9 Å². The summed E-state index contributed by atoms with van der Waals surface area (Å²) in [6.45, 7) is 5.79. The highest BCUT2D eigenvalue weighted by molar-refractivity contribution is 5.95. The molecule has 1 saturated heterocycles. The second-order valence-electron chi connectivity index (χ2n) is 6.24. The zero-order valence-corrected chi connectivity index (χ0v) is 15.4. The van der Waals surface area contributed by atoms with Crippen LogP contribution in [0.15, 0.2) is 35.5 Å². The largest absolute Gasteiger partial charge is 0.491 e. The van der Waals surface area contributed by atoms with Gasteiger partial charge in [0.2, 0.25) is 0 Å². The Balaban J connectivity index is 1.71. The number of carbonyl (C=O) groups excluding carboxylic acids is 2. The molecule has 2 aliphatic heterocycles. The Bertz CT molecular complexity index is 709. The standard InChI is InChI=1S/C19H24N2O6/c1-3-25-18(22)16-12(2)20-19(23)21-17(16)13-4-6-14(7-5-13)27-11-15-10-24-8-9-26-15/h4-7,15,17H,3,8-11H2,1-2H3,(H2,20,21,23)/t15-,17+/m1/s1. The number of benzene rings is 1. The van der Waals surface area contributed by atoms with Gasteiger partial charge in [0.05, 0.1) is 38.0 Å². The van der Waals surface area contributed by atoms with Crippen molar-refractivity contribution < 1.29 is 28.5 Å². The molecule has 0 unspecified atom stereocenters. The molecule has 2 aliphatic rings. The van der Waals surface area contributed by atoms with Gasteiger partial charge in [0.25, 0.3) is 0 Å². The number of hydrogen-bond acceptors (Lipinski definition) is 6. The molecular weight excluding hydrogens is 352 g/mol. The van der Waals surface area contributed by atoms with Crippen LogP contribution < -0.4 is 15.4 Å². The van der Waals surface area contributed by atoms with E-state index in [1.807, 2.05) is 12.1 Å². The van der Waals surface area contributed by atoms with Gasteiger partial charge in [0.1, 0.15) is 18.5 Å². The van der Waals surface area contributed by atoms with E-state index in [9.17, 15) is 9.59 Å². The van der Waals surface area contributed by atoms with Gasteiger partial charge in [-0.05, 0) is 31.5 Å². The molecule has 8 heteroatoms. The summed E-state index contributed by atoms with van der Waals surface area (Å²) < 4.78 is 21.8. The van der Waals surface area contributed by atoms with Crippen molar-refractivity contribution in [1.82, 2.24) is 10.6 Å². The van der Waals surface area contributed by atoms with Crippen molar-refractivity contribution in [3.63, 3.8) is 0 Å². The fourth-order valence-electron chi connectivity index (χ4n) is 3.00. The molecule has 0 aromatic heterocycles. The number of carbonyl (C=O) groups is 2. The first-order chi connectivity index (χ1) is 13.1. The van der Waals surface area contributed by atoms with Crippen molar-refractivity contribution >= 4 is 12.0 Å². The van der Waals surface area contributed by atoms with Crippen molar-refractivity contribution in [2.24, 2.45) is 0 Å². The van der Waals surface area contributed by atoms with Crippen molar-refractivity contribution in [2.75, 3.05) is 33.0 Å². The minimum absolute atomic E-state index is 0.0804. The summed E-state index contributed by atoms with van der Waals surface area (Å²) in [5, 5.41) is 5.38. The lowest BCUT2D eigenvalue weighted by atomic mass is 9.95. The van der Waals surface area contributed by atoms with E-state index in [1.54, 1.807) is 26.0 Å². The Kier molecular flexibility index (Phi) is 6.31. The first-order valence-electron chi connectivity index (χ1n) is 8.96.